The van der Waals surface area contributed by atoms with Gasteiger partial charge in [-0.25, -0.2) is 0 Å². The van der Waals surface area contributed by atoms with E-state index < -0.39 is 0 Å². The van der Waals surface area contributed by atoms with Crippen molar-refractivity contribution in [2.75, 3.05) is 0 Å². The molecule has 0 amide bonds. The Morgan fingerprint density at radius 3 is 2.70 bits per heavy atom. The number of aryl methyl sites for hydroxylation is 1. The summed E-state index contributed by atoms with van der Waals surface area (Å²) in [6, 6.07) is 16.4. The van der Waals surface area contributed by atoms with Crippen LogP contribution in [0.3, 0.4) is 0 Å². The molecule has 1 heterocycles. The Hall–Kier alpha value is -2.22. The van der Waals surface area contributed by atoms with Crippen molar-refractivity contribution in [1.82, 2.24) is 4.98 Å². The third-order valence-electron chi connectivity index (χ3n) is 3.43. The molecule has 0 fully saturated rings. The maximum Gasteiger partial charge on any atom is 0.120 e. The van der Waals surface area contributed by atoms with Crippen LogP contribution in [0, 0.1) is 6.92 Å². The minimum absolute atomic E-state index is 0.599. The second kappa shape index (κ2) is 5.83. The minimum atomic E-state index is 0.599. The first-order valence-electron chi connectivity index (χ1n) is 6.93. The molecule has 0 saturated carbocycles. The third kappa shape index (κ3) is 2.69. The first-order chi connectivity index (χ1) is 9.86. The fourth-order valence-electron chi connectivity index (χ4n) is 2.39. The Morgan fingerprint density at radius 1 is 1.05 bits per heavy atom. The van der Waals surface area contributed by atoms with Crippen molar-refractivity contribution in [2.45, 2.75) is 19.4 Å². The zero-order chi connectivity index (χ0) is 13.8. The van der Waals surface area contributed by atoms with Crippen LogP contribution in [0.2, 0.25) is 0 Å². The molecule has 0 aliphatic carbocycles. The first-order valence-corrected chi connectivity index (χ1v) is 6.93. The molecule has 0 bridgehead atoms. The fourth-order valence-corrected chi connectivity index (χ4v) is 2.39. The molecule has 101 valence electrons. The zero-order valence-corrected chi connectivity index (χ0v) is 11.4. The number of hydrogen-bond donors (Lipinski definition) is 1. The predicted molar refractivity (Wildman–Crippen MR) is 82.8 cm³/mol. The van der Waals surface area contributed by atoms with Crippen LogP contribution in [-0.4, -0.2) is 4.98 Å². The smallest absolute Gasteiger partial charge is 0.120 e. The van der Waals surface area contributed by atoms with Gasteiger partial charge in [0.1, 0.15) is 12.4 Å². The predicted octanol–water partition coefficient (Wildman–Crippen LogP) is 4.51. The minimum Gasteiger partial charge on any atom is -0.489 e. The van der Waals surface area contributed by atoms with Crippen molar-refractivity contribution < 1.29 is 4.74 Å². The van der Waals surface area contributed by atoms with Gasteiger partial charge in [-0.3, -0.25) is 0 Å². The van der Waals surface area contributed by atoms with Crippen molar-refractivity contribution >= 4 is 10.9 Å². The lowest BCUT2D eigenvalue weighted by atomic mass is 10.1. The third-order valence-corrected chi connectivity index (χ3v) is 3.43. The SMILES string of the molecule is [CH2]CCc1c[nH]c2ccc(OCc3ccccc3)cc12. The van der Waals surface area contributed by atoms with Crippen molar-refractivity contribution in [3.63, 3.8) is 0 Å². The number of benzene rings is 2. The number of aromatic nitrogens is 1. The molecule has 0 aliphatic rings. The lowest BCUT2D eigenvalue weighted by Gasteiger charge is -2.07. The number of hydrogen-bond acceptors (Lipinski definition) is 1. The molecular formula is C18H18NO. The summed E-state index contributed by atoms with van der Waals surface area (Å²) in [7, 11) is 0. The van der Waals surface area contributed by atoms with Crippen LogP contribution in [0.5, 0.6) is 5.75 Å². The largest absolute Gasteiger partial charge is 0.489 e. The van der Waals surface area contributed by atoms with Gasteiger partial charge in [-0.2, -0.15) is 0 Å². The van der Waals surface area contributed by atoms with E-state index in [4.69, 9.17) is 4.74 Å². The number of rotatable bonds is 5. The Bertz CT molecular complexity index is 685. The summed E-state index contributed by atoms with van der Waals surface area (Å²) in [4.78, 5) is 3.29. The van der Waals surface area contributed by atoms with Crippen LogP contribution in [-0.2, 0) is 13.0 Å². The highest BCUT2D eigenvalue weighted by Gasteiger charge is 2.04. The number of aromatic amines is 1. The zero-order valence-electron chi connectivity index (χ0n) is 11.4. The van der Waals surface area contributed by atoms with E-state index in [1.165, 1.54) is 16.5 Å². The van der Waals surface area contributed by atoms with Crippen molar-refractivity contribution in [3.05, 3.63) is 72.8 Å². The van der Waals surface area contributed by atoms with E-state index in [1.54, 1.807) is 0 Å². The number of ether oxygens (including phenoxy) is 1. The van der Waals surface area contributed by atoms with Gasteiger partial charge in [0, 0.05) is 17.1 Å². The molecule has 0 aliphatic heterocycles. The van der Waals surface area contributed by atoms with Gasteiger partial charge < -0.3 is 9.72 Å². The Balaban J connectivity index is 1.79. The maximum absolute atomic E-state index is 5.87. The van der Waals surface area contributed by atoms with Crippen molar-refractivity contribution in [2.24, 2.45) is 0 Å². The van der Waals surface area contributed by atoms with Crippen LogP contribution in [0.15, 0.2) is 54.7 Å². The van der Waals surface area contributed by atoms with Crippen LogP contribution in [0.25, 0.3) is 10.9 Å². The molecule has 1 N–H and O–H groups in total. The Morgan fingerprint density at radius 2 is 1.90 bits per heavy atom. The average molecular weight is 264 g/mol. The molecular weight excluding hydrogens is 246 g/mol. The van der Waals surface area contributed by atoms with E-state index in [0.29, 0.717) is 6.61 Å². The topological polar surface area (TPSA) is 25.0 Å². The lowest BCUT2D eigenvalue weighted by molar-refractivity contribution is 0.306. The Labute approximate surface area is 119 Å². The van der Waals surface area contributed by atoms with Gasteiger partial charge in [0.05, 0.1) is 0 Å². The van der Waals surface area contributed by atoms with Gasteiger partial charge in [0.15, 0.2) is 0 Å². The number of fused-ring (bicyclic) bond motifs is 1. The normalized spacial score (nSPS) is 10.8. The first kappa shape index (κ1) is 12.8. The summed E-state index contributed by atoms with van der Waals surface area (Å²) in [6.07, 6.45) is 3.96. The van der Waals surface area contributed by atoms with Crippen molar-refractivity contribution in [3.8, 4) is 5.75 Å². The number of H-pyrrole nitrogens is 1. The van der Waals surface area contributed by atoms with E-state index in [0.717, 1.165) is 24.1 Å². The fraction of sp³-hybridized carbons (Fsp3) is 0.167. The highest BCUT2D eigenvalue weighted by Crippen LogP contribution is 2.25. The van der Waals surface area contributed by atoms with Gasteiger partial charge in [0.25, 0.3) is 0 Å². The van der Waals surface area contributed by atoms with Gasteiger partial charge >= 0.3 is 0 Å². The van der Waals surface area contributed by atoms with Crippen LogP contribution < -0.4 is 4.74 Å². The van der Waals surface area contributed by atoms with E-state index in [9.17, 15) is 0 Å². The second-order valence-corrected chi connectivity index (χ2v) is 4.90. The van der Waals surface area contributed by atoms with Crippen LogP contribution in [0.1, 0.15) is 17.5 Å². The van der Waals surface area contributed by atoms with Crippen molar-refractivity contribution in [1.29, 1.82) is 0 Å². The monoisotopic (exact) mass is 264 g/mol. The number of nitrogens with one attached hydrogen (secondary N) is 1. The van der Waals surface area contributed by atoms with Crippen LogP contribution in [0.4, 0.5) is 0 Å². The molecule has 0 atom stereocenters. The molecule has 1 aromatic heterocycles. The summed E-state index contributed by atoms with van der Waals surface area (Å²) < 4.78 is 5.87. The van der Waals surface area contributed by atoms with E-state index >= 15 is 0 Å². The highest BCUT2D eigenvalue weighted by molar-refractivity contribution is 5.84. The van der Waals surface area contributed by atoms with Gasteiger partial charge in [-0.05, 0) is 42.2 Å². The summed E-state index contributed by atoms with van der Waals surface area (Å²) in [5.74, 6) is 0.909. The molecule has 0 spiro atoms. The van der Waals surface area contributed by atoms with E-state index in [1.807, 2.05) is 24.3 Å². The Kier molecular flexibility index (Phi) is 3.73. The lowest BCUT2D eigenvalue weighted by Crippen LogP contribution is -1.94. The molecule has 2 heteroatoms. The van der Waals surface area contributed by atoms with Gasteiger partial charge in [-0.15, -0.1) is 0 Å². The summed E-state index contributed by atoms with van der Waals surface area (Å²) >= 11 is 0. The molecule has 0 saturated heterocycles. The summed E-state index contributed by atoms with van der Waals surface area (Å²) in [6.45, 7) is 4.52. The molecule has 1 radical (unpaired) electrons. The summed E-state index contributed by atoms with van der Waals surface area (Å²) in [5.41, 5.74) is 3.64. The van der Waals surface area contributed by atoms with Gasteiger partial charge in [-0.1, -0.05) is 37.3 Å². The molecule has 2 nitrogen and oxygen atoms in total. The maximum atomic E-state index is 5.87. The average Bonchev–Trinajstić information content (AvgIpc) is 2.89. The molecule has 3 aromatic rings. The summed E-state index contributed by atoms with van der Waals surface area (Å²) in [5, 5.41) is 1.24. The standard InChI is InChI=1S/C18H18NO/c1-2-6-15-12-19-18-10-9-16(11-17(15)18)20-13-14-7-4-3-5-8-14/h3-5,7-12,19H,1-2,6,13H2. The van der Waals surface area contributed by atoms with Gasteiger partial charge in [0.2, 0.25) is 0 Å². The van der Waals surface area contributed by atoms with E-state index in [2.05, 4.69) is 42.4 Å². The highest BCUT2D eigenvalue weighted by atomic mass is 16.5. The second-order valence-electron chi connectivity index (χ2n) is 4.90. The quantitative estimate of drug-likeness (QED) is 0.720. The van der Waals surface area contributed by atoms with E-state index in [-0.39, 0.29) is 0 Å². The molecule has 3 rings (SSSR count). The molecule has 2 aromatic carbocycles. The molecule has 0 unspecified atom stereocenters. The molecule has 20 heavy (non-hydrogen) atoms. The van der Waals surface area contributed by atoms with Crippen LogP contribution >= 0.6 is 0 Å².